The minimum atomic E-state index is -0.217. The summed E-state index contributed by atoms with van der Waals surface area (Å²) < 4.78 is 10.3. The van der Waals surface area contributed by atoms with Gasteiger partial charge in [0, 0.05) is 0 Å². The van der Waals surface area contributed by atoms with E-state index in [9.17, 15) is 5.11 Å². The number of methoxy groups -OCH3 is 1. The van der Waals surface area contributed by atoms with E-state index in [-0.39, 0.29) is 64.6 Å². The van der Waals surface area contributed by atoms with Crippen LogP contribution in [0.1, 0.15) is 5.56 Å². The molecule has 0 saturated heterocycles. The second-order valence-electron chi connectivity index (χ2n) is 2.68. The molecule has 0 fully saturated rings. The summed E-state index contributed by atoms with van der Waals surface area (Å²) in [5.74, 6) is 1.55. The summed E-state index contributed by atoms with van der Waals surface area (Å²) in [7, 11) is 1.62. The van der Waals surface area contributed by atoms with E-state index in [1.807, 2.05) is 25.1 Å². The second-order valence-corrected chi connectivity index (χ2v) is 2.68. The van der Waals surface area contributed by atoms with Crippen molar-refractivity contribution in [3.8, 4) is 11.5 Å². The maximum absolute atomic E-state index is 10.2. The molecule has 0 aliphatic rings. The van der Waals surface area contributed by atoms with Crippen LogP contribution in [0.25, 0.3) is 0 Å². The average Bonchev–Trinajstić information content (AvgIpc) is 2.16. The van der Waals surface area contributed by atoms with Crippen molar-refractivity contribution in [1.29, 1.82) is 0 Å². The van der Waals surface area contributed by atoms with Gasteiger partial charge in [0.1, 0.15) is 11.5 Å². The maximum atomic E-state index is 10.2. The summed E-state index contributed by atoms with van der Waals surface area (Å²) in [5.41, 5.74) is 0.979. The van der Waals surface area contributed by atoms with Crippen molar-refractivity contribution >= 4 is 0 Å². The zero-order valence-electron chi connectivity index (χ0n) is 8.87. The fraction of sp³-hybridized carbons (Fsp3) is 0.400. The fourth-order valence-corrected chi connectivity index (χ4v) is 1.06. The third-order valence-electron chi connectivity index (χ3n) is 1.72. The summed E-state index contributed by atoms with van der Waals surface area (Å²) in [4.78, 5) is 0. The van der Waals surface area contributed by atoms with E-state index in [2.05, 4.69) is 0 Å². The number of hydrogen-bond acceptors (Lipinski definition) is 3. The van der Waals surface area contributed by atoms with Crippen LogP contribution in [0.5, 0.6) is 11.5 Å². The van der Waals surface area contributed by atoms with Crippen LogP contribution in [0.3, 0.4) is 0 Å². The quantitative estimate of drug-likeness (QED) is 0.538. The summed E-state index contributed by atoms with van der Waals surface area (Å²) >= 11 is 0. The first-order valence-electron chi connectivity index (χ1n) is 4.13. The van der Waals surface area contributed by atoms with E-state index >= 15 is 0 Å². The Kier molecular flexibility index (Phi) is 7.90. The molecule has 14 heavy (non-hydrogen) atoms. The van der Waals surface area contributed by atoms with Gasteiger partial charge in [-0.3, -0.25) is 0 Å². The van der Waals surface area contributed by atoms with Crippen LogP contribution in [-0.2, 0) is 0 Å². The van der Waals surface area contributed by atoms with Crippen molar-refractivity contribution in [3.63, 3.8) is 0 Å². The zero-order chi connectivity index (χ0) is 9.68. The topological polar surface area (TPSA) is 41.5 Å². The van der Waals surface area contributed by atoms with Crippen LogP contribution in [0, 0.1) is 6.92 Å². The van der Waals surface area contributed by atoms with Crippen LogP contribution in [0.4, 0.5) is 0 Å². The first kappa shape index (κ1) is 14.4. The van der Waals surface area contributed by atoms with Gasteiger partial charge in [-0.2, -0.15) is 0 Å². The maximum Gasteiger partial charge on any atom is 1.00 e. The Hall–Kier alpha value is 0.416. The molecule has 0 spiro atoms. The molecule has 0 aliphatic carbocycles. The smallest absolute Gasteiger partial charge is 0.852 e. The van der Waals surface area contributed by atoms with E-state index in [0.717, 1.165) is 17.1 Å². The summed E-state index contributed by atoms with van der Waals surface area (Å²) in [6.45, 7) is 1.92. The SMILES string of the molecule is COc1ccc(OCC[O-])c(C)c1.[K+]. The van der Waals surface area contributed by atoms with Gasteiger partial charge in [0.15, 0.2) is 0 Å². The molecule has 72 valence electrons. The van der Waals surface area contributed by atoms with Gasteiger partial charge in [-0.15, -0.1) is 6.61 Å². The number of rotatable bonds is 4. The van der Waals surface area contributed by atoms with Crippen molar-refractivity contribution in [2.75, 3.05) is 20.3 Å². The molecule has 0 heterocycles. The van der Waals surface area contributed by atoms with Gasteiger partial charge >= 0.3 is 51.4 Å². The molecule has 0 atom stereocenters. The van der Waals surface area contributed by atoms with Crippen molar-refractivity contribution in [2.24, 2.45) is 0 Å². The molecular weight excluding hydrogens is 207 g/mol. The number of hydrogen-bond donors (Lipinski definition) is 0. The molecule has 0 amide bonds. The fourth-order valence-electron chi connectivity index (χ4n) is 1.06. The summed E-state index contributed by atoms with van der Waals surface area (Å²) in [6, 6.07) is 5.50. The molecule has 1 aromatic rings. The first-order chi connectivity index (χ1) is 6.27. The Labute approximate surface area is 127 Å². The molecule has 0 unspecified atom stereocenters. The predicted octanol–water partition coefficient (Wildman–Crippen LogP) is -2.25. The molecule has 1 rings (SSSR count). The predicted molar refractivity (Wildman–Crippen MR) is 48.1 cm³/mol. The van der Waals surface area contributed by atoms with Crippen LogP contribution in [-0.4, -0.2) is 20.3 Å². The number of aryl methyl sites for hydroxylation is 1. The molecule has 0 aromatic heterocycles. The minimum absolute atomic E-state index is 0. The normalized spacial score (nSPS) is 9.07. The van der Waals surface area contributed by atoms with Crippen molar-refractivity contribution < 1.29 is 66.0 Å². The Balaban J connectivity index is 0.00000169. The zero-order valence-corrected chi connectivity index (χ0v) is 12.0. The third kappa shape index (κ3) is 4.29. The van der Waals surface area contributed by atoms with Crippen molar-refractivity contribution in [2.45, 2.75) is 6.92 Å². The van der Waals surface area contributed by atoms with Gasteiger partial charge in [-0.25, -0.2) is 0 Å². The van der Waals surface area contributed by atoms with Crippen LogP contribution in [0.2, 0.25) is 0 Å². The van der Waals surface area contributed by atoms with Gasteiger partial charge in [0.2, 0.25) is 0 Å². The van der Waals surface area contributed by atoms with Gasteiger partial charge in [-0.05, 0) is 30.7 Å². The van der Waals surface area contributed by atoms with Gasteiger partial charge in [0.05, 0.1) is 13.7 Å². The number of ether oxygens (including phenoxy) is 2. The Morgan fingerprint density at radius 2 is 2.07 bits per heavy atom. The van der Waals surface area contributed by atoms with Crippen LogP contribution in [0.15, 0.2) is 18.2 Å². The number of benzene rings is 1. The monoisotopic (exact) mass is 220 g/mol. The molecule has 3 nitrogen and oxygen atoms in total. The molecule has 0 radical (unpaired) electrons. The average molecular weight is 220 g/mol. The van der Waals surface area contributed by atoms with Crippen molar-refractivity contribution in [1.82, 2.24) is 0 Å². The van der Waals surface area contributed by atoms with Crippen LogP contribution >= 0.6 is 0 Å². The Bertz CT molecular complexity index is 276. The summed E-state index contributed by atoms with van der Waals surface area (Å²) in [5, 5.41) is 10.2. The summed E-state index contributed by atoms with van der Waals surface area (Å²) in [6.07, 6.45) is 0. The molecule has 0 aliphatic heterocycles. The molecular formula is C10H13KO3. The van der Waals surface area contributed by atoms with Gasteiger partial charge < -0.3 is 14.6 Å². The second kappa shape index (κ2) is 7.67. The largest absolute Gasteiger partial charge is 1.00 e. The van der Waals surface area contributed by atoms with E-state index in [0.29, 0.717) is 0 Å². The third-order valence-corrected chi connectivity index (χ3v) is 1.72. The molecule has 0 N–H and O–H groups in total. The first-order valence-corrected chi connectivity index (χ1v) is 4.13. The Morgan fingerprint density at radius 3 is 2.57 bits per heavy atom. The van der Waals surface area contributed by atoms with E-state index in [4.69, 9.17) is 9.47 Å². The van der Waals surface area contributed by atoms with Gasteiger partial charge in [0.25, 0.3) is 0 Å². The van der Waals surface area contributed by atoms with Gasteiger partial charge in [-0.1, -0.05) is 0 Å². The van der Waals surface area contributed by atoms with E-state index in [1.54, 1.807) is 7.11 Å². The minimum Gasteiger partial charge on any atom is -0.852 e. The standard InChI is InChI=1S/C10H13O3.K/c1-8-7-9(12-2)3-4-10(8)13-6-5-11;/h3-4,7H,5-6H2,1-2H3;/q-1;+1. The Morgan fingerprint density at radius 1 is 1.36 bits per heavy atom. The van der Waals surface area contributed by atoms with Crippen molar-refractivity contribution in [3.05, 3.63) is 23.8 Å². The molecule has 4 heteroatoms. The van der Waals surface area contributed by atoms with E-state index in [1.165, 1.54) is 0 Å². The van der Waals surface area contributed by atoms with E-state index < -0.39 is 0 Å². The molecule has 0 saturated carbocycles. The molecule has 0 bridgehead atoms. The van der Waals surface area contributed by atoms with Crippen LogP contribution < -0.4 is 66.0 Å². The molecule has 1 aromatic carbocycles.